The number of nitrogens with two attached hydrogens (primary N) is 1. The van der Waals surface area contributed by atoms with Crippen LogP contribution in [0.2, 0.25) is 0 Å². The zero-order valence-corrected chi connectivity index (χ0v) is 14.5. The van der Waals surface area contributed by atoms with Gasteiger partial charge in [-0.25, -0.2) is 9.97 Å². The van der Waals surface area contributed by atoms with Crippen LogP contribution in [0.15, 0.2) is 36.8 Å². The maximum Gasteiger partial charge on any atom is 0.158 e. The third kappa shape index (κ3) is 3.86. The first-order chi connectivity index (χ1) is 13.2. The molecule has 1 saturated carbocycles. The van der Waals surface area contributed by atoms with Gasteiger partial charge in [-0.2, -0.15) is 10.4 Å². The smallest absolute Gasteiger partial charge is 0.158 e. The summed E-state index contributed by atoms with van der Waals surface area (Å²) in [6, 6.07) is 7.68. The second kappa shape index (κ2) is 7.39. The van der Waals surface area contributed by atoms with Crippen molar-refractivity contribution in [2.24, 2.45) is 5.73 Å². The largest absolute Gasteiger partial charge is 0.488 e. The molecule has 4 N–H and O–H groups in total. The fourth-order valence-corrected chi connectivity index (χ4v) is 3.04. The number of H-pyrrole nitrogens is 1. The van der Waals surface area contributed by atoms with E-state index in [9.17, 15) is 0 Å². The summed E-state index contributed by atoms with van der Waals surface area (Å²) in [6.07, 6.45) is 7.47. The van der Waals surface area contributed by atoms with Gasteiger partial charge >= 0.3 is 0 Å². The van der Waals surface area contributed by atoms with Crippen LogP contribution in [0.4, 0.5) is 11.6 Å². The van der Waals surface area contributed by atoms with E-state index in [-0.39, 0.29) is 17.8 Å². The summed E-state index contributed by atoms with van der Waals surface area (Å²) in [4.78, 5) is 12.5. The molecule has 9 heteroatoms. The first kappa shape index (κ1) is 16.9. The van der Waals surface area contributed by atoms with Crippen molar-refractivity contribution >= 4 is 11.6 Å². The third-order valence-electron chi connectivity index (χ3n) is 4.34. The lowest BCUT2D eigenvalue weighted by Crippen LogP contribution is -2.19. The molecule has 0 radical (unpaired) electrons. The average Bonchev–Trinajstić information content (AvgIpc) is 3.32. The van der Waals surface area contributed by atoms with Crippen molar-refractivity contribution < 1.29 is 4.74 Å². The maximum absolute atomic E-state index is 8.77. The molecule has 3 aromatic rings. The molecule has 0 saturated heterocycles. The van der Waals surface area contributed by atoms with E-state index in [1.807, 2.05) is 24.3 Å². The van der Waals surface area contributed by atoms with E-state index in [0.29, 0.717) is 23.1 Å². The van der Waals surface area contributed by atoms with Crippen molar-refractivity contribution in [1.29, 1.82) is 5.26 Å². The molecule has 2 atom stereocenters. The van der Waals surface area contributed by atoms with Crippen LogP contribution in [0.3, 0.4) is 0 Å². The molecule has 1 aliphatic rings. The number of hydrogen-bond acceptors (Lipinski definition) is 8. The van der Waals surface area contributed by atoms with Crippen LogP contribution in [0.1, 0.15) is 25.0 Å². The Balaban J connectivity index is 1.52. The van der Waals surface area contributed by atoms with Crippen LogP contribution in [0, 0.1) is 11.3 Å². The van der Waals surface area contributed by atoms with E-state index < -0.39 is 0 Å². The standard InChI is InChI=1S/C18H18N8O/c19-8-12-9-23-17(10-22-12)24-16-7-14(25-26-16)18-15(2-1-5-21-18)27-13-4-3-11(20)6-13/h1-2,5,7,9-11,13H,3-4,6,20H2,(H2,23,24,25,26)/t11-,13+/m1/s1. The molecular weight excluding hydrogens is 344 g/mol. The Morgan fingerprint density at radius 2 is 2.15 bits per heavy atom. The fourth-order valence-electron chi connectivity index (χ4n) is 3.04. The molecule has 0 spiro atoms. The van der Waals surface area contributed by atoms with E-state index in [4.69, 9.17) is 15.7 Å². The molecule has 9 nitrogen and oxygen atoms in total. The topological polar surface area (TPSA) is 138 Å². The summed E-state index contributed by atoms with van der Waals surface area (Å²) in [5.41, 5.74) is 7.63. The van der Waals surface area contributed by atoms with Gasteiger partial charge in [-0.1, -0.05) is 0 Å². The quantitative estimate of drug-likeness (QED) is 0.627. The van der Waals surface area contributed by atoms with Crippen molar-refractivity contribution in [3.8, 4) is 23.2 Å². The van der Waals surface area contributed by atoms with Crippen LogP contribution in [-0.2, 0) is 0 Å². The van der Waals surface area contributed by atoms with Gasteiger partial charge in [0.05, 0.1) is 18.1 Å². The van der Waals surface area contributed by atoms with Crippen LogP contribution in [0.25, 0.3) is 11.4 Å². The predicted molar refractivity (Wildman–Crippen MR) is 98.1 cm³/mol. The van der Waals surface area contributed by atoms with Crippen molar-refractivity contribution in [2.45, 2.75) is 31.4 Å². The van der Waals surface area contributed by atoms with Crippen molar-refractivity contribution in [1.82, 2.24) is 25.1 Å². The minimum absolute atomic E-state index is 0.109. The van der Waals surface area contributed by atoms with E-state index in [0.717, 1.165) is 25.0 Å². The number of aromatic nitrogens is 5. The summed E-state index contributed by atoms with van der Waals surface area (Å²) < 4.78 is 6.12. The Labute approximate surface area is 155 Å². The monoisotopic (exact) mass is 362 g/mol. The van der Waals surface area contributed by atoms with Gasteiger partial charge in [0.15, 0.2) is 11.5 Å². The summed E-state index contributed by atoms with van der Waals surface area (Å²) >= 11 is 0. The Morgan fingerprint density at radius 3 is 2.89 bits per heavy atom. The predicted octanol–water partition coefficient (Wildman–Crippen LogP) is 2.14. The highest BCUT2D eigenvalue weighted by molar-refractivity contribution is 5.66. The van der Waals surface area contributed by atoms with Crippen LogP contribution >= 0.6 is 0 Å². The Kier molecular flexibility index (Phi) is 4.63. The number of anilines is 2. The van der Waals surface area contributed by atoms with Gasteiger partial charge in [-0.05, 0) is 31.4 Å². The number of aromatic amines is 1. The number of nitrogens with zero attached hydrogens (tertiary/aromatic N) is 5. The summed E-state index contributed by atoms with van der Waals surface area (Å²) in [5.74, 6) is 1.75. The van der Waals surface area contributed by atoms with E-state index in [1.54, 1.807) is 6.20 Å². The average molecular weight is 362 g/mol. The van der Waals surface area contributed by atoms with Gasteiger partial charge in [0.25, 0.3) is 0 Å². The second-order valence-electron chi connectivity index (χ2n) is 6.35. The van der Waals surface area contributed by atoms with Crippen LogP contribution < -0.4 is 15.8 Å². The lowest BCUT2D eigenvalue weighted by atomic mass is 10.2. The molecule has 0 aromatic carbocycles. The zero-order valence-electron chi connectivity index (χ0n) is 14.5. The fraction of sp³-hybridized carbons (Fsp3) is 0.278. The number of rotatable bonds is 5. The third-order valence-corrected chi connectivity index (χ3v) is 4.34. The van der Waals surface area contributed by atoms with Gasteiger partial charge in [-0.15, -0.1) is 0 Å². The summed E-state index contributed by atoms with van der Waals surface area (Å²) in [6.45, 7) is 0. The van der Waals surface area contributed by atoms with Gasteiger partial charge in [0, 0.05) is 18.3 Å². The van der Waals surface area contributed by atoms with Crippen molar-refractivity contribution in [3.63, 3.8) is 0 Å². The molecule has 27 heavy (non-hydrogen) atoms. The molecule has 4 rings (SSSR count). The molecule has 3 aromatic heterocycles. The number of nitriles is 1. The van der Waals surface area contributed by atoms with E-state index in [1.165, 1.54) is 12.4 Å². The molecule has 3 heterocycles. The Bertz CT molecular complexity index is 962. The van der Waals surface area contributed by atoms with Crippen molar-refractivity contribution in [3.05, 3.63) is 42.5 Å². The van der Waals surface area contributed by atoms with E-state index >= 15 is 0 Å². The molecule has 0 amide bonds. The van der Waals surface area contributed by atoms with Gasteiger partial charge in [0.1, 0.15) is 29.4 Å². The first-order valence-electron chi connectivity index (χ1n) is 8.63. The molecule has 1 aliphatic carbocycles. The lowest BCUT2D eigenvalue weighted by Gasteiger charge is -2.15. The SMILES string of the molecule is N#Cc1cnc(Nc2cc(-c3ncccc3O[C@H]3CC[C@@H](N)C3)[nH]n2)cn1. The molecule has 136 valence electrons. The molecule has 0 bridgehead atoms. The minimum Gasteiger partial charge on any atom is -0.488 e. The minimum atomic E-state index is 0.109. The Morgan fingerprint density at radius 1 is 1.22 bits per heavy atom. The summed E-state index contributed by atoms with van der Waals surface area (Å²) in [5, 5.41) is 19.0. The lowest BCUT2D eigenvalue weighted by molar-refractivity contribution is 0.208. The number of ether oxygens (including phenoxy) is 1. The van der Waals surface area contributed by atoms with Gasteiger partial charge in [0.2, 0.25) is 0 Å². The van der Waals surface area contributed by atoms with Gasteiger partial charge < -0.3 is 15.8 Å². The normalized spacial score (nSPS) is 18.8. The molecule has 0 unspecified atom stereocenters. The zero-order chi connectivity index (χ0) is 18.6. The highest BCUT2D eigenvalue weighted by Gasteiger charge is 2.24. The van der Waals surface area contributed by atoms with Crippen LogP contribution in [0.5, 0.6) is 5.75 Å². The molecule has 0 aliphatic heterocycles. The number of nitrogens with one attached hydrogen (secondary N) is 2. The van der Waals surface area contributed by atoms with Gasteiger partial charge in [-0.3, -0.25) is 10.1 Å². The molecule has 1 fully saturated rings. The molecular formula is C18H18N8O. The first-order valence-corrected chi connectivity index (χ1v) is 8.63. The Hall–Kier alpha value is -3.51. The maximum atomic E-state index is 8.77. The number of pyridine rings is 1. The summed E-state index contributed by atoms with van der Waals surface area (Å²) in [7, 11) is 0. The number of hydrogen-bond donors (Lipinski definition) is 3. The van der Waals surface area contributed by atoms with Crippen LogP contribution in [-0.4, -0.2) is 37.3 Å². The van der Waals surface area contributed by atoms with Crippen molar-refractivity contribution in [2.75, 3.05) is 5.32 Å². The second-order valence-corrected chi connectivity index (χ2v) is 6.35. The highest BCUT2D eigenvalue weighted by Crippen LogP contribution is 2.31. The van der Waals surface area contributed by atoms with E-state index in [2.05, 4.69) is 30.5 Å². The highest BCUT2D eigenvalue weighted by atomic mass is 16.5.